The number of benzene rings is 1. The minimum atomic E-state index is -0.875. The number of aliphatic hydroxyl groups is 1. The van der Waals surface area contributed by atoms with Crippen LogP contribution in [0.1, 0.15) is 30.2 Å². The topological polar surface area (TPSA) is 99.8 Å². The summed E-state index contributed by atoms with van der Waals surface area (Å²) in [5, 5.41) is 9.65. The third-order valence-corrected chi connectivity index (χ3v) is 4.95. The zero-order chi connectivity index (χ0) is 20.1. The summed E-state index contributed by atoms with van der Waals surface area (Å²) in [6, 6.07) is 8.68. The lowest BCUT2D eigenvalue weighted by Crippen LogP contribution is -2.45. The van der Waals surface area contributed by atoms with Crippen LogP contribution in [0.2, 0.25) is 0 Å². The highest BCUT2D eigenvalue weighted by molar-refractivity contribution is 5.95. The minimum absolute atomic E-state index is 0.233. The zero-order valence-electron chi connectivity index (χ0n) is 15.4. The van der Waals surface area contributed by atoms with E-state index in [1.807, 2.05) is 0 Å². The van der Waals surface area contributed by atoms with Crippen LogP contribution in [0.4, 0.5) is 0 Å². The first-order valence-corrected chi connectivity index (χ1v) is 8.93. The van der Waals surface area contributed by atoms with E-state index in [-0.39, 0.29) is 12.2 Å². The van der Waals surface area contributed by atoms with Crippen molar-refractivity contribution in [1.82, 2.24) is 9.13 Å². The van der Waals surface area contributed by atoms with Crippen LogP contribution in [-0.4, -0.2) is 44.7 Å². The van der Waals surface area contributed by atoms with Crippen LogP contribution in [0.25, 0.3) is 0 Å². The molecule has 146 valence electrons. The van der Waals surface area contributed by atoms with Crippen molar-refractivity contribution in [3.63, 3.8) is 0 Å². The van der Waals surface area contributed by atoms with Gasteiger partial charge in [-0.2, -0.15) is 4.57 Å². The molecule has 0 bridgehead atoms. The number of hydrogen-bond acceptors (Lipinski definition) is 6. The van der Waals surface area contributed by atoms with Crippen LogP contribution in [0.15, 0.2) is 63.8 Å². The van der Waals surface area contributed by atoms with Gasteiger partial charge in [0.2, 0.25) is 0 Å². The van der Waals surface area contributed by atoms with Gasteiger partial charge in [0.25, 0.3) is 11.5 Å². The number of rotatable bonds is 3. The fourth-order valence-electron chi connectivity index (χ4n) is 3.73. The second-order valence-electron chi connectivity index (χ2n) is 7.26. The predicted molar refractivity (Wildman–Crippen MR) is 99.2 cm³/mol. The molecule has 28 heavy (non-hydrogen) atoms. The molecule has 1 N–H and O–H groups in total. The first-order chi connectivity index (χ1) is 13.3. The zero-order valence-corrected chi connectivity index (χ0v) is 15.4. The Hall–Kier alpha value is -2.81. The molecule has 1 aromatic carbocycles. The van der Waals surface area contributed by atoms with Crippen LogP contribution in [0.5, 0.6) is 0 Å². The lowest BCUT2D eigenvalue weighted by atomic mass is 10.1. The van der Waals surface area contributed by atoms with E-state index in [0.29, 0.717) is 10.1 Å². The Kier molecular flexibility index (Phi) is 4.41. The summed E-state index contributed by atoms with van der Waals surface area (Å²) in [6.07, 6.45) is 1.98. The Labute approximate surface area is 160 Å². The molecule has 0 radical (unpaired) electrons. The normalized spacial score (nSPS) is 25.4. The van der Waals surface area contributed by atoms with Gasteiger partial charge >= 0.3 is 5.69 Å². The van der Waals surface area contributed by atoms with E-state index in [4.69, 9.17) is 9.47 Å². The standard InChI is InChI=1S/C20H20N2O6/c1-20(2)27-16-13(11-23)10-14(17(16)28-20)21-9-8-15(24)22(19(21)26)18(25)12-6-4-3-5-7-12/h3-10,14,16-17,23H,11H2,1-2H3/t14-,16+,17?/m1/s1. The summed E-state index contributed by atoms with van der Waals surface area (Å²) >= 11 is 0. The van der Waals surface area contributed by atoms with Crippen LogP contribution in [0, 0.1) is 0 Å². The van der Waals surface area contributed by atoms with Crippen LogP contribution in [0.3, 0.4) is 0 Å². The number of hydrogen-bond donors (Lipinski definition) is 1. The number of aromatic nitrogens is 2. The molecule has 2 aliphatic rings. The second-order valence-corrected chi connectivity index (χ2v) is 7.26. The number of fused-ring (bicyclic) bond motifs is 1. The third-order valence-electron chi connectivity index (χ3n) is 4.95. The van der Waals surface area contributed by atoms with Crippen molar-refractivity contribution in [2.24, 2.45) is 0 Å². The number of carbonyl (C=O) groups is 1. The summed E-state index contributed by atoms with van der Waals surface area (Å²) in [4.78, 5) is 38.1. The van der Waals surface area contributed by atoms with E-state index in [1.54, 1.807) is 38.1 Å². The first-order valence-electron chi connectivity index (χ1n) is 8.93. The molecule has 3 atom stereocenters. The molecular weight excluding hydrogens is 364 g/mol. The smallest absolute Gasteiger partial charge is 0.338 e. The molecular formula is C20H20N2O6. The van der Waals surface area contributed by atoms with Gasteiger partial charge in [-0.25, -0.2) is 4.79 Å². The molecule has 0 amide bonds. The SMILES string of the molecule is CC1(C)OC2[C@H](n3ccc(=O)n(C(=O)c4ccccc4)c3=O)C=C(CO)[C@@H]2O1. The number of aliphatic hydroxyl groups excluding tert-OH is 1. The van der Waals surface area contributed by atoms with E-state index in [9.17, 15) is 19.5 Å². The van der Waals surface area contributed by atoms with E-state index < -0.39 is 41.2 Å². The number of carbonyl (C=O) groups excluding carboxylic acids is 1. The average Bonchev–Trinajstić information content (AvgIpc) is 3.15. The molecule has 1 aliphatic heterocycles. The van der Waals surface area contributed by atoms with Crippen LogP contribution >= 0.6 is 0 Å². The number of nitrogens with zero attached hydrogens (tertiary/aromatic N) is 2. The maximum Gasteiger partial charge on any atom is 0.338 e. The van der Waals surface area contributed by atoms with Crippen LogP contribution in [-0.2, 0) is 9.47 Å². The summed E-state index contributed by atoms with van der Waals surface area (Å²) in [6.45, 7) is 3.26. The molecule has 2 heterocycles. The van der Waals surface area contributed by atoms with Gasteiger partial charge in [-0.1, -0.05) is 24.3 Å². The molecule has 1 aliphatic carbocycles. The molecule has 0 saturated carbocycles. The predicted octanol–water partition coefficient (Wildman–Crippen LogP) is 0.692. The van der Waals surface area contributed by atoms with E-state index in [1.165, 1.54) is 29.0 Å². The summed E-state index contributed by atoms with van der Waals surface area (Å²) < 4.78 is 13.6. The fraction of sp³-hybridized carbons (Fsp3) is 0.350. The third kappa shape index (κ3) is 2.95. The molecule has 4 rings (SSSR count). The molecule has 8 nitrogen and oxygen atoms in total. The highest BCUT2D eigenvalue weighted by atomic mass is 16.8. The Balaban J connectivity index is 1.80. The molecule has 2 aromatic rings. The molecule has 1 unspecified atom stereocenters. The molecule has 1 fully saturated rings. The van der Waals surface area contributed by atoms with Crippen molar-refractivity contribution in [2.45, 2.75) is 37.9 Å². The Morgan fingerprint density at radius 3 is 2.54 bits per heavy atom. The molecule has 1 saturated heterocycles. The lowest BCUT2D eigenvalue weighted by Gasteiger charge is -2.22. The molecule has 1 aromatic heterocycles. The van der Waals surface area contributed by atoms with Crippen molar-refractivity contribution in [2.75, 3.05) is 6.61 Å². The van der Waals surface area contributed by atoms with Gasteiger partial charge in [0.05, 0.1) is 12.6 Å². The molecule has 0 spiro atoms. The maximum atomic E-state index is 13.1. The molecule has 8 heteroatoms. The van der Waals surface area contributed by atoms with E-state index in [2.05, 4.69) is 0 Å². The van der Waals surface area contributed by atoms with E-state index in [0.717, 1.165) is 0 Å². The van der Waals surface area contributed by atoms with Gasteiger partial charge in [0, 0.05) is 17.8 Å². The van der Waals surface area contributed by atoms with E-state index >= 15 is 0 Å². The monoisotopic (exact) mass is 384 g/mol. The fourth-order valence-corrected chi connectivity index (χ4v) is 3.73. The van der Waals surface area contributed by atoms with Gasteiger partial charge in [0.1, 0.15) is 12.2 Å². The minimum Gasteiger partial charge on any atom is -0.392 e. The second kappa shape index (κ2) is 6.66. The Morgan fingerprint density at radius 1 is 1.14 bits per heavy atom. The van der Waals surface area contributed by atoms with Crippen molar-refractivity contribution >= 4 is 5.91 Å². The first kappa shape index (κ1) is 18.5. The van der Waals surface area contributed by atoms with Crippen molar-refractivity contribution in [3.05, 3.63) is 80.6 Å². The van der Waals surface area contributed by atoms with Crippen molar-refractivity contribution in [1.29, 1.82) is 0 Å². The summed E-state index contributed by atoms with van der Waals surface area (Å²) in [7, 11) is 0. The van der Waals surface area contributed by atoms with Gasteiger partial charge < -0.3 is 14.6 Å². The maximum absolute atomic E-state index is 13.1. The Morgan fingerprint density at radius 2 is 1.86 bits per heavy atom. The van der Waals surface area contributed by atoms with Gasteiger partial charge in [0.15, 0.2) is 5.79 Å². The summed E-state index contributed by atoms with van der Waals surface area (Å²) in [5.41, 5.74) is -0.648. The summed E-state index contributed by atoms with van der Waals surface area (Å²) in [5.74, 6) is -1.57. The van der Waals surface area contributed by atoms with Crippen molar-refractivity contribution < 1.29 is 19.4 Å². The largest absolute Gasteiger partial charge is 0.392 e. The van der Waals surface area contributed by atoms with Gasteiger partial charge in [-0.05, 0) is 31.6 Å². The lowest BCUT2D eigenvalue weighted by molar-refractivity contribution is -0.148. The highest BCUT2D eigenvalue weighted by Gasteiger charge is 2.50. The average molecular weight is 384 g/mol. The quantitative estimate of drug-likeness (QED) is 0.782. The van der Waals surface area contributed by atoms with Gasteiger partial charge in [-0.15, -0.1) is 0 Å². The highest BCUT2D eigenvalue weighted by Crippen LogP contribution is 2.42. The Bertz CT molecular complexity index is 1070. The number of ether oxygens (including phenoxy) is 2. The van der Waals surface area contributed by atoms with Crippen molar-refractivity contribution in [3.8, 4) is 0 Å². The van der Waals surface area contributed by atoms with Crippen LogP contribution < -0.4 is 11.2 Å². The van der Waals surface area contributed by atoms with Gasteiger partial charge in [-0.3, -0.25) is 14.2 Å².